The van der Waals surface area contributed by atoms with Crippen molar-refractivity contribution in [3.05, 3.63) is 54.6 Å². The van der Waals surface area contributed by atoms with E-state index in [2.05, 4.69) is 39.4 Å². The summed E-state index contributed by atoms with van der Waals surface area (Å²) in [6.45, 7) is 12.0. The summed E-state index contributed by atoms with van der Waals surface area (Å²) in [5.74, 6) is 2.05. The number of hydrogen-bond acceptors (Lipinski definition) is 8. The SMILES string of the molecule is CC(C)c1cnnc(Nc2ccc3ncc(-c4cnn(CC5CN(C(=O)OC(C)(C)C)C5)c4)cc3n2)c1. The first kappa shape index (κ1) is 24.6. The van der Waals surface area contributed by atoms with Gasteiger partial charge in [-0.1, -0.05) is 13.8 Å². The van der Waals surface area contributed by atoms with Gasteiger partial charge >= 0.3 is 6.09 Å². The predicted molar refractivity (Wildman–Crippen MR) is 141 cm³/mol. The standard InChI is InChI=1S/C27H32N8O2/c1-17(2)19-9-25(33-29-11-19)32-24-7-6-22-23(31-24)8-20(10-28-22)21-12-30-35(16-21)15-18-13-34(14-18)26(36)37-27(3,4)5/h6-12,16-18H,13-15H2,1-5H3,(H,31,32,33). The molecule has 0 aromatic carbocycles. The summed E-state index contributed by atoms with van der Waals surface area (Å²) in [4.78, 5) is 23.2. The summed E-state index contributed by atoms with van der Waals surface area (Å²) < 4.78 is 7.35. The Bertz CT molecular complexity index is 1420. The van der Waals surface area contributed by atoms with Crippen molar-refractivity contribution in [2.75, 3.05) is 18.4 Å². The van der Waals surface area contributed by atoms with Crippen molar-refractivity contribution < 1.29 is 9.53 Å². The van der Waals surface area contributed by atoms with E-state index in [1.165, 1.54) is 0 Å². The first-order valence-electron chi connectivity index (χ1n) is 12.5. The van der Waals surface area contributed by atoms with Gasteiger partial charge < -0.3 is 15.0 Å². The topological polar surface area (TPSA) is 111 Å². The third-order valence-electron chi connectivity index (χ3n) is 6.16. The van der Waals surface area contributed by atoms with Gasteiger partial charge in [-0.25, -0.2) is 9.78 Å². The Morgan fingerprint density at radius 3 is 2.65 bits per heavy atom. The number of carbonyl (C=O) groups excluding carboxylic acids is 1. The molecule has 0 radical (unpaired) electrons. The number of anilines is 2. The third kappa shape index (κ3) is 5.84. The van der Waals surface area contributed by atoms with Crippen LogP contribution in [0.5, 0.6) is 0 Å². The average Bonchev–Trinajstić information content (AvgIpc) is 3.28. The molecule has 0 bridgehead atoms. The van der Waals surface area contributed by atoms with Gasteiger partial charge in [0.1, 0.15) is 11.4 Å². The molecule has 4 aromatic rings. The molecular weight excluding hydrogens is 468 g/mol. The minimum atomic E-state index is -0.481. The third-order valence-corrected chi connectivity index (χ3v) is 6.16. The molecule has 192 valence electrons. The van der Waals surface area contributed by atoms with E-state index in [-0.39, 0.29) is 6.09 Å². The molecule has 0 spiro atoms. The molecule has 37 heavy (non-hydrogen) atoms. The number of fused-ring (bicyclic) bond motifs is 1. The number of likely N-dealkylation sites (tertiary alicyclic amines) is 1. The summed E-state index contributed by atoms with van der Waals surface area (Å²) in [5, 5.41) is 16.0. The predicted octanol–water partition coefficient (Wildman–Crippen LogP) is 5.02. The lowest BCUT2D eigenvalue weighted by Crippen LogP contribution is -2.52. The van der Waals surface area contributed by atoms with Gasteiger partial charge in [-0.2, -0.15) is 10.2 Å². The number of rotatable bonds is 6. The average molecular weight is 501 g/mol. The number of amides is 1. The lowest BCUT2D eigenvalue weighted by atomic mass is 10.0. The summed E-state index contributed by atoms with van der Waals surface area (Å²) in [6, 6.07) is 7.82. The zero-order valence-electron chi connectivity index (χ0n) is 21.8. The van der Waals surface area contributed by atoms with E-state index in [4.69, 9.17) is 9.72 Å². The number of hydrogen-bond donors (Lipinski definition) is 1. The van der Waals surface area contributed by atoms with E-state index < -0.39 is 5.60 Å². The van der Waals surface area contributed by atoms with Crippen molar-refractivity contribution in [1.82, 2.24) is 34.8 Å². The van der Waals surface area contributed by atoms with Crippen molar-refractivity contribution in [2.45, 2.75) is 52.7 Å². The molecule has 1 N–H and O–H groups in total. The van der Waals surface area contributed by atoms with E-state index in [0.717, 1.165) is 34.3 Å². The fraction of sp³-hybridized carbons (Fsp3) is 0.407. The fourth-order valence-corrected chi connectivity index (χ4v) is 4.16. The molecule has 1 amide bonds. The van der Waals surface area contributed by atoms with Crippen LogP contribution in [-0.2, 0) is 11.3 Å². The minimum absolute atomic E-state index is 0.256. The molecule has 0 atom stereocenters. The van der Waals surface area contributed by atoms with Crippen molar-refractivity contribution in [3.63, 3.8) is 0 Å². The Labute approximate surface area is 216 Å². The summed E-state index contributed by atoms with van der Waals surface area (Å²) >= 11 is 0. The van der Waals surface area contributed by atoms with Crippen molar-refractivity contribution in [3.8, 4) is 11.1 Å². The summed E-state index contributed by atoms with van der Waals surface area (Å²) in [7, 11) is 0. The molecular formula is C27H32N8O2. The maximum atomic E-state index is 12.2. The molecule has 5 heterocycles. The van der Waals surface area contributed by atoms with Crippen molar-refractivity contribution >= 4 is 28.8 Å². The van der Waals surface area contributed by atoms with Gasteiger partial charge in [-0.15, -0.1) is 5.10 Å². The number of nitrogens with zero attached hydrogens (tertiary/aromatic N) is 7. The largest absolute Gasteiger partial charge is 0.444 e. The Morgan fingerprint density at radius 2 is 1.89 bits per heavy atom. The van der Waals surface area contributed by atoms with Crippen LogP contribution in [0.1, 0.15) is 46.1 Å². The van der Waals surface area contributed by atoms with Gasteiger partial charge in [0.2, 0.25) is 0 Å². The zero-order valence-corrected chi connectivity index (χ0v) is 21.8. The smallest absolute Gasteiger partial charge is 0.410 e. The van der Waals surface area contributed by atoms with Crippen LogP contribution >= 0.6 is 0 Å². The lowest BCUT2D eigenvalue weighted by Gasteiger charge is -2.39. The highest BCUT2D eigenvalue weighted by Gasteiger charge is 2.33. The monoisotopic (exact) mass is 500 g/mol. The molecule has 10 heteroatoms. The molecule has 1 fully saturated rings. The van der Waals surface area contributed by atoms with Crippen molar-refractivity contribution in [1.29, 1.82) is 0 Å². The molecule has 5 rings (SSSR count). The maximum Gasteiger partial charge on any atom is 0.410 e. The molecule has 0 unspecified atom stereocenters. The van der Waals surface area contributed by atoms with E-state index in [1.54, 1.807) is 11.1 Å². The zero-order chi connectivity index (χ0) is 26.2. The molecule has 10 nitrogen and oxygen atoms in total. The number of nitrogens with one attached hydrogen (secondary N) is 1. The van der Waals surface area contributed by atoms with Gasteiger partial charge in [0.25, 0.3) is 0 Å². The number of pyridine rings is 2. The second kappa shape index (κ2) is 9.76. The van der Waals surface area contributed by atoms with Crippen LogP contribution in [0, 0.1) is 5.92 Å². The van der Waals surface area contributed by atoms with E-state index in [0.29, 0.717) is 36.6 Å². The second-order valence-corrected chi connectivity index (χ2v) is 10.8. The first-order chi connectivity index (χ1) is 17.6. The van der Waals surface area contributed by atoms with Crippen LogP contribution in [0.3, 0.4) is 0 Å². The van der Waals surface area contributed by atoms with E-state index >= 15 is 0 Å². The highest BCUT2D eigenvalue weighted by Crippen LogP contribution is 2.25. The molecule has 1 saturated heterocycles. The Morgan fingerprint density at radius 1 is 1.08 bits per heavy atom. The minimum Gasteiger partial charge on any atom is -0.444 e. The first-order valence-corrected chi connectivity index (χ1v) is 12.5. The van der Waals surface area contributed by atoms with Crippen LogP contribution in [0.2, 0.25) is 0 Å². The maximum absolute atomic E-state index is 12.2. The number of ether oxygens (including phenoxy) is 1. The highest BCUT2D eigenvalue weighted by molar-refractivity contribution is 5.81. The quantitative estimate of drug-likeness (QED) is 0.393. The molecule has 0 aliphatic carbocycles. The number of aromatic nitrogens is 6. The van der Waals surface area contributed by atoms with E-state index in [1.807, 2.05) is 68.3 Å². The van der Waals surface area contributed by atoms with Gasteiger partial charge in [0, 0.05) is 49.1 Å². The molecule has 1 aliphatic heterocycles. The Kier molecular flexibility index (Phi) is 6.49. The van der Waals surface area contributed by atoms with Crippen LogP contribution < -0.4 is 5.32 Å². The number of carbonyl (C=O) groups is 1. The lowest BCUT2D eigenvalue weighted by molar-refractivity contribution is -0.00383. The van der Waals surface area contributed by atoms with Gasteiger partial charge in [-0.3, -0.25) is 9.67 Å². The van der Waals surface area contributed by atoms with Crippen molar-refractivity contribution in [2.24, 2.45) is 5.92 Å². The normalized spacial score (nSPS) is 14.2. The van der Waals surface area contributed by atoms with Gasteiger partial charge in [0.15, 0.2) is 5.82 Å². The van der Waals surface area contributed by atoms with Crippen LogP contribution in [0.4, 0.5) is 16.4 Å². The summed E-state index contributed by atoms with van der Waals surface area (Å²) in [5.41, 5.74) is 4.11. The second-order valence-electron chi connectivity index (χ2n) is 10.8. The highest BCUT2D eigenvalue weighted by atomic mass is 16.6. The molecule has 0 saturated carbocycles. The Balaban J connectivity index is 1.25. The van der Waals surface area contributed by atoms with Gasteiger partial charge in [-0.05, 0) is 56.5 Å². The van der Waals surface area contributed by atoms with Crippen LogP contribution in [0.25, 0.3) is 22.2 Å². The molecule has 1 aliphatic rings. The summed E-state index contributed by atoms with van der Waals surface area (Å²) in [6.07, 6.45) is 7.20. The van der Waals surface area contributed by atoms with E-state index in [9.17, 15) is 4.79 Å². The van der Waals surface area contributed by atoms with Crippen LogP contribution in [-0.4, -0.2) is 59.6 Å². The van der Waals surface area contributed by atoms with Gasteiger partial charge in [0.05, 0.1) is 23.4 Å². The Hall–Kier alpha value is -4.08. The molecule has 4 aromatic heterocycles. The van der Waals surface area contributed by atoms with Crippen LogP contribution in [0.15, 0.2) is 49.1 Å². The fourth-order valence-electron chi connectivity index (χ4n) is 4.16.